The molecule has 0 radical (unpaired) electrons. The van der Waals surface area contributed by atoms with Crippen molar-refractivity contribution in [2.75, 3.05) is 36.4 Å². The van der Waals surface area contributed by atoms with Crippen molar-refractivity contribution in [3.8, 4) is 5.75 Å². The minimum absolute atomic E-state index is 0.00165. The number of esters is 1. The van der Waals surface area contributed by atoms with Crippen molar-refractivity contribution in [1.29, 1.82) is 0 Å². The van der Waals surface area contributed by atoms with E-state index in [0.29, 0.717) is 30.1 Å². The molecule has 48 heavy (non-hydrogen) atoms. The minimum Gasteiger partial charge on any atom is -0.495 e. The third-order valence-electron chi connectivity index (χ3n) is 7.95. The maximum atomic E-state index is 14.1. The molecule has 11 nitrogen and oxygen atoms in total. The Hall–Kier alpha value is -4.72. The number of hydrogen-bond donors (Lipinski definition) is 1. The highest BCUT2D eigenvalue weighted by Crippen LogP contribution is 2.34. The van der Waals surface area contributed by atoms with Crippen LogP contribution in [0.5, 0.6) is 5.75 Å². The summed E-state index contributed by atoms with van der Waals surface area (Å²) in [6, 6.07) is 25.7. The summed E-state index contributed by atoms with van der Waals surface area (Å²) in [6.07, 6.45) is 2.57. The van der Waals surface area contributed by atoms with E-state index in [4.69, 9.17) is 9.47 Å². The van der Waals surface area contributed by atoms with Crippen LogP contribution in [0.25, 0.3) is 0 Å². The smallest absolute Gasteiger partial charge is 0.338 e. The number of ether oxygens (including phenoxy) is 2. The first-order valence-corrected chi connectivity index (χ1v) is 18.3. The van der Waals surface area contributed by atoms with Crippen molar-refractivity contribution in [1.82, 2.24) is 4.31 Å². The summed E-state index contributed by atoms with van der Waals surface area (Å²) in [5, 5.41) is 2.62. The summed E-state index contributed by atoms with van der Waals surface area (Å²) in [5.74, 6) is -1.25. The van der Waals surface area contributed by atoms with E-state index in [1.165, 1.54) is 52.1 Å². The number of aryl methyl sites for hydroxylation is 1. The molecule has 0 spiro atoms. The maximum absolute atomic E-state index is 14.1. The Labute approximate surface area is 281 Å². The van der Waals surface area contributed by atoms with Gasteiger partial charge in [-0.15, -0.1) is 0 Å². The van der Waals surface area contributed by atoms with Gasteiger partial charge in [-0.1, -0.05) is 61.0 Å². The van der Waals surface area contributed by atoms with E-state index in [1.807, 2.05) is 30.3 Å². The molecule has 0 bridgehead atoms. The maximum Gasteiger partial charge on any atom is 0.338 e. The molecular formula is C35H37N3O8S2. The zero-order chi connectivity index (χ0) is 34.3. The van der Waals surface area contributed by atoms with E-state index in [2.05, 4.69) is 5.32 Å². The third-order valence-corrected chi connectivity index (χ3v) is 11.6. The first-order chi connectivity index (χ1) is 23.0. The van der Waals surface area contributed by atoms with E-state index in [1.54, 1.807) is 37.3 Å². The van der Waals surface area contributed by atoms with E-state index in [9.17, 15) is 26.4 Å². The Bertz CT molecular complexity index is 2000. The number of para-hydroxylation sites is 2. The van der Waals surface area contributed by atoms with Crippen molar-refractivity contribution in [3.05, 3.63) is 114 Å². The number of carbonyl (C=O) groups is 2. The molecule has 0 unspecified atom stereocenters. The number of benzene rings is 4. The summed E-state index contributed by atoms with van der Waals surface area (Å²) in [7, 11) is -6.50. The lowest BCUT2D eigenvalue weighted by Crippen LogP contribution is -2.35. The Morgan fingerprint density at radius 2 is 1.52 bits per heavy atom. The molecule has 1 amide bonds. The van der Waals surface area contributed by atoms with E-state index in [0.717, 1.165) is 24.8 Å². The number of anilines is 2. The number of carbonyl (C=O) groups excluding carboxylic acids is 2. The topological polar surface area (TPSA) is 139 Å². The number of amides is 1. The molecule has 13 heteroatoms. The molecule has 4 aromatic carbocycles. The quantitative estimate of drug-likeness (QED) is 0.196. The minimum atomic E-state index is -4.23. The average Bonchev–Trinajstić information content (AvgIpc) is 3.11. The van der Waals surface area contributed by atoms with Gasteiger partial charge in [0.05, 0.1) is 34.7 Å². The number of nitrogens with zero attached hydrogens (tertiary/aromatic N) is 2. The predicted molar refractivity (Wildman–Crippen MR) is 182 cm³/mol. The molecule has 1 aliphatic rings. The molecule has 0 aliphatic carbocycles. The second-order valence-electron chi connectivity index (χ2n) is 11.3. The Morgan fingerprint density at radius 1 is 0.812 bits per heavy atom. The summed E-state index contributed by atoms with van der Waals surface area (Å²) >= 11 is 0. The average molecular weight is 692 g/mol. The first-order valence-electron chi connectivity index (χ1n) is 15.4. The predicted octanol–water partition coefficient (Wildman–Crippen LogP) is 5.37. The Kier molecular flexibility index (Phi) is 10.8. The fraction of sp³-hybridized carbons (Fsp3) is 0.257. The SMILES string of the molecule is COc1ccccc1N(Cc1ccccc1)S(=O)(=O)c1cccc(C(=O)OCC(=O)Nc2cc(S(=O)(=O)N3CCCCC3)ccc2C)c1. The third kappa shape index (κ3) is 7.87. The molecule has 1 heterocycles. The van der Waals surface area contributed by atoms with Gasteiger partial charge in [0.2, 0.25) is 10.0 Å². The standard InChI is InChI=1S/C35H37N3O8S2/c1-26-18-19-30(47(41,42)37-20-9-4-10-21-37)23-31(26)36-34(39)25-46-35(40)28-14-11-15-29(22-28)48(43,44)38(24-27-12-5-3-6-13-27)32-16-7-8-17-33(32)45-2/h3,5-8,11-19,22-23H,4,9-10,20-21,24-25H2,1-2H3,(H,36,39). The van der Waals surface area contributed by atoms with Gasteiger partial charge in [0.15, 0.2) is 6.61 Å². The van der Waals surface area contributed by atoms with E-state index >= 15 is 0 Å². The highest BCUT2D eigenvalue weighted by Gasteiger charge is 2.29. The molecular weight excluding hydrogens is 655 g/mol. The van der Waals surface area contributed by atoms with Crippen molar-refractivity contribution in [2.24, 2.45) is 0 Å². The van der Waals surface area contributed by atoms with Crippen LogP contribution in [0.4, 0.5) is 11.4 Å². The molecule has 5 rings (SSSR count). The van der Waals surface area contributed by atoms with Crippen molar-refractivity contribution < 1.29 is 35.9 Å². The zero-order valence-corrected chi connectivity index (χ0v) is 28.3. The van der Waals surface area contributed by atoms with Crippen LogP contribution < -0.4 is 14.4 Å². The van der Waals surface area contributed by atoms with Gasteiger partial charge in [-0.3, -0.25) is 9.10 Å². The van der Waals surface area contributed by atoms with Gasteiger partial charge in [0.25, 0.3) is 15.9 Å². The lowest BCUT2D eigenvalue weighted by molar-refractivity contribution is -0.119. The molecule has 252 valence electrons. The van der Waals surface area contributed by atoms with Crippen LogP contribution in [-0.2, 0) is 36.1 Å². The molecule has 1 aliphatic heterocycles. The number of hydrogen-bond acceptors (Lipinski definition) is 8. The van der Waals surface area contributed by atoms with Crippen LogP contribution >= 0.6 is 0 Å². The van der Waals surface area contributed by atoms with Gasteiger partial charge < -0.3 is 14.8 Å². The fourth-order valence-corrected chi connectivity index (χ4v) is 8.40. The lowest BCUT2D eigenvalue weighted by atomic mass is 10.2. The fourth-order valence-electron chi connectivity index (χ4n) is 5.35. The van der Waals surface area contributed by atoms with Crippen LogP contribution in [0.2, 0.25) is 0 Å². The number of methoxy groups -OCH3 is 1. The van der Waals surface area contributed by atoms with Crippen LogP contribution in [0.3, 0.4) is 0 Å². The molecule has 1 N–H and O–H groups in total. The monoisotopic (exact) mass is 691 g/mol. The van der Waals surface area contributed by atoms with Crippen LogP contribution in [-0.4, -0.2) is 59.8 Å². The highest BCUT2D eigenvalue weighted by molar-refractivity contribution is 7.92. The highest BCUT2D eigenvalue weighted by atomic mass is 32.2. The number of sulfonamides is 2. The largest absolute Gasteiger partial charge is 0.495 e. The van der Waals surface area contributed by atoms with Gasteiger partial charge in [-0.2, -0.15) is 4.31 Å². The molecule has 0 atom stereocenters. The molecule has 0 saturated carbocycles. The molecule has 4 aromatic rings. The van der Waals surface area contributed by atoms with Crippen molar-refractivity contribution >= 4 is 43.3 Å². The zero-order valence-electron chi connectivity index (χ0n) is 26.7. The van der Waals surface area contributed by atoms with Gasteiger partial charge in [-0.05, 0) is 73.4 Å². The Balaban J connectivity index is 1.31. The van der Waals surface area contributed by atoms with Crippen LogP contribution in [0, 0.1) is 6.92 Å². The van der Waals surface area contributed by atoms with E-state index in [-0.39, 0.29) is 27.6 Å². The summed E-state index contributed by atoms with van der Waals surface area (Å²) in [5.41, 5.74) is 1.88. The lowest BCUT2D eigenvalue weighted by Gasteiger charge is -2.26. The summed E-state index contributed by atoms with van der Waals surface area (Å²) < 4.78 is 67.8. The summed E-state index contributed by atoms with van der Waals surface area (Å²) in [4.78, 5) is 25.7. The second-order valence-corrected chi connectivity index (χ2v) is 15.1. The summed E-state index contributed by atoms with van der Waals surface area (Å²) in [6.45, 7) is 1.93. The van der Waals surface area contributed by atoms with Crippen LogP contribution in [0.15, 0.2) is 107 Å². The first kappa shape index (κ1) is 34.6. The van der Waals surface area contributed by atoms with E-state index < -0.39 is 38.5 Å². The number of rotatable bonds is 12. The van der Waals surface area contributed by atoms with Gasteiger partial charge in [0.1, 0.15) is 5.75 Å². The normalized spacial score (nSPS) is 13.8. The van der Waals surface area contributed by atoms with Crippen molar-refractivity contribution in [2.45, 2.75) is 42.5 Å². The van der Waals surface area contributed by atoms with Crippen molar-refractivity contribution in [3.63, 3.8) is 0 Å². The van der Waals surface area contributed by atoms with Crippen LogP contribution in [0.1, 0.15) is 40.7 Å². The second kappa shape index (κ2) is 15.0. The van der Waals surface area contributed by atoms with Gasteiger partial charge >= 0.3 is 5.97 Å². The Morgan fingerprint density at radius 3 is 2.25 bits per heavy atom. The molecule has 1 fully saturated rings. The molecule has 0 aromatic heterocycles. The number of piperidine rings is 1. The van der Waals surface area contributed by atoms with Gasteiger partial charge in [-0.25, -0.2) is 21.6 Å². The number of nitrogens with one attached hydrogen (secondary N) is 1. The molecule has 1 saturated heterocycles. The van der Waals surface area contributed by atoms with Gasteiger partial charge in [0, 0.05) is 18.8 Å².